The summed E-state index contributed by atoms with van der Waals surface area (Å²) in [5, 5.41) is 3.09. The number of ether oxygens (including phenoxy) is 2. The average Bonchev–Trinajstić information content (AvgIpc) is 3.34. The summed E-state index contributed by atoms with van der Waals surface area (Å²) in [5.74, 6) is -1.20. The van der Waals surface area contributed by atoms with Crippen molar-refractivity contribution in [2.24, 2.45) is 11.8 Å². The van der Waals surface area contributed by atoms with E-state index in [9.17, 15) is 19.2 Å². The highest BCUT2D eigenvalue weighted by Crippen LogP contribution is 2.29. The van der Waals surface area contributed by atoms with Gasteiger partial charge >= 0.3 is 5.97 Å². The van der Waals surface area contributed by atoms with Crippen molar-refractivity contribution in [1.29, 1.82) is 0 Å². The van der Waals surface area contributed by atoms with Crippen molar-refractivity contribution < 1.29 is 28.7 Å². The molecule has 0 aromatic rings. The van der Waals surface area contributed by atoms with Gasteiger partial charge in [-0.2, -0.15) is 0 Å². The Balaban J connectivity index is 2.31. The molecule has 1 N–H and O–H groups in total. The van der Waals surface area contributed by atoms with E-state index in [1.165, 1.54) is 0 Å². The Hall–Kier alpha value is -2.46. The molecule has 2 fully saturated rings. The van der Waals surface area contributed by atoms with Gasteiger partial charge in [-0.3, -0.25) is 19.3 Å². The Kier molecular flexibility index (Phi) is 13.9. The SMILES string of the molecule is CC(=C[C@H](C(C)C)N(C)C(=O)[C@@H](NC(=O)C1CCCCN1C(C)C)C(C)C)C(=O)N1C[C@H](OC(C)(C)C)C[C@H]1C(=O)OC(C)(C)C. The molecule has 5 atom stereocenters. The molecule has 0 aromatic heterocycles. The van der Waals surface area contributed by atoms with E-state index < -0.39 is 35.3 Å². The summed E-state index contributed by atoms with van der Waals surface area (Å²) in [6.07, 6.45) is 4.69. The fraction of sp³-hybridized carbons (Fsp3) is 0.833. The Bertz CT molecular complexity index is 1100. The van der Waals surface area contributed by atoms with Crippen molar-refractivity contribution in [2.45, 2.75) is 163 Å². The molecule has 2 aliphatic heterocycles. The minimum absolute atomic E-state index is 0.0211. The van der Waals surface area contributed by atoms with Gasteiger partial charge in [0.25, 0.3) is 0 Å². The lowest BCUT2D eigenvalue weighted by molar-refractivity contribution is -0.162. The number of carbonyl (C=O) groups excluding carboxylic acids is 4. The molecule has 10 nitrogen and oxygen atoms in total. The van der Waals surface area contributed by atoms with Crippen LogP contribution in [0.25, 0.3) is 0 Å². The molecule has 0 bridgehead atoms. The maximum Gasteiger partial charge on any atom is 0.329 e. The fourth-order valence-corrected chi connectivity index (χ4v) is 6.49. The van der Waals surface area contributed by atoms with Gasteiger partial charge in [0.1, 0.15) is 17.7 Å². The zero-order chi connectivity index (χ0) is 35.3. The van der Waals surface area contributed by atoms with E-state index in [0.29, 0.717) is 12.0 Å². The third-order valence-electron chi connectivity index (χ3n) is 8.70. The zero-order valence-corrected chi connectivity index (χ0v) is 31.2. The molecule has 1 unspecified atom stereocenters. The van der Waals surface area contributed by atoms with Crippen LogP contribution in [0.1, 0.15) is 116 Å². The molecule has 0 aliphatic carbocycles. The lowest BCUT2D eigenvalue weighted by Crippen LogP contribution is -2.58. The van der Waals surface area contributed by atoms with Crippen LogP contribution in [0.3, 0.4) is 0 Å². The van der Waals surface area contributed by atoms with Crippen LogP contribution in [-0.4, -0.2) is 106 Å². The molecule has 3 amide bonds. The van der Waals surface area contributed by atoms with Crippen molar-refractivity contribution in [2.75, 3.05) is 20.1 Å². The molecule has 0 aromatic carbocycles. The molecule has 0 radical (unpaired) electrons. The second kappa shape index (κ2) is 16.1. The Morgan fingerprint density at radius 3 is 2.00 bits per heavy atom. The molecule has 10 heteroatoms. The lowest BCUT2D eigenvalue weighted by Gasteiger charge is -2.39. The number of carbonyl (C=O) groups is 4. The highest BCUT2D eigenvalue weighted by Gasteiger charge is 2.44. The van der Waals surface area contributed by atoms with E-state index in [0.717, 1.165) is 25.8 Å². The molecule has 46 heavy (non-hydrogen) atoms. The van der Waals surface area contributed by atoms with Gasteiger partial charge in [0.2, 0.25) is 17.7 Å². The summed E-state index contributed by atoms with van der Waals surface area (Å²) in [6, 6.07) is -1.91. The normalized spacial score (nSPS) is 23.1. The molecule has 2 aliphatic rings. The van der Waals surface area contributed by atoms with Gasteiger partial charge in [-0.15, -0.1) is 0 Å². The number of piperidine rings is 1. The number of likely N-dealkylation sites (N-methyl/N-ethyl adjacent to an activating group) is 1. The number of nitrogens with one attached hydrogen (secondary N) is 1. The summed E-state index contributed by atoms with van der Waals surface area (Å²) >= 11 is 0. The molecule has 0 saturated carbocycles. The maximum absolute atomic E-state index is 14.0. The van der Waals surface area contributed by atoms with E-state index in [1.807, 2.05) is 75.3 Å². The topological polar surface area (TPSA) is 108 Å². The number of likely N-dealkylation sites (tertiary alicyclic amines) is 2. The zero-order valence-electron chi connectivity index (χ0n) is 31.2. The molecule has 0 spiro atoms. The summed E-state index contributed by atoms with van der Waals surface area (Å²) in [4.78, 5) is 60.2. The second-order valence-electron chi connectivity index (χ2n) is 16.2. The Morgan fingerprint density at radius 2 is 1.50 bits per heavy atom. The van der Waals surface area contributed by atoms with Crippen molar-refractivity contribution in [3.63, 3.8) is 0 Å². The van der Waals surface area contributed by atoms with Crippen molar-refractivity contribution in [3.05, 3.63) is 11.6 Å². The Morgan fingerprint density at radius 1 is 0.891 bits per heavy atom. The second-order valence-corrected chi connectivity index (χ2v) is 16.2. The van der Waals surface area contributed by atoms with Crippen LogP contribution in [0, 0.1) is 11.8 Å². The smallest absolute Gasteiger partial charge is 0.329 e. The van der Waals surface area contributed by atoms with Crippen molar-refractivity contribution in [1.82, 2.24) is 20.0 Å². The van der Waals surface area contributed by atoms with Crippen LogP contribution in [0.15, 0.2) is 11.6 Å². The monoisotopic (exact) mass is 648 g/mol. The van der Waals surface area contributed by atoms with Crippen LogP contribution in [0.5, 0.6) is 0 Å². The van der Waals surface area contributed by atoms with Gasteiger partial charge in [-0.1, -0.05) is 40.2 Å². The first-order valence-electron chi connectivity index (χ1n) is 17.3. The minimum atomic E-state index is -0.773. The van der Waals surface area contributed by atoms with Gasteiger partial charge < -0.3 is 24.6 Å². The molecule has 2 rings (SSSR count). The van der Waals surface area contributed by atoms with E-state index in [1.54, 1.807) is 23.8 Å². The Labute approximate surface area is 279 Å². The van der Waals surface area contributed by atoms with Crippen LogP contribution >= 0.6 is 0 Å². The largest absolute Gasteiger partial charge is 0.458 e. The highest BCUT2D eigenvalue weighted by molar-refractivity contribution is 5.96. The van der Waals surface area contributed by atoms with E-state index >= 15 is 0 Å². The third kappa shape index (κ3) is 11.1. The third-order valence-corrected chi connectivity index (χ3v) is 8.70. The first kappa shape index (κ1) is 39.7. The molecule has 264 valence electrons. The maximum atomic E-state index is 14.0. The van der Waals surface area contributed by atoms with Gasteiger partial charge in [-0.05, 0) is 93.5 Å². The number of hydrogen-bond acceptors (Lipinski definition) is 7. The lowest BCUT2D eigenvalue weighted by atomic mass is 9.95. The summed E-state index contributed by atoms with van der Waals surface area (Å²) in [6.45, 7) is 26.2. The van der Waals surface area contributed by atoms with Crippen LogP contribution in [0.4, 0.5) is 0 Å². The summed E-state index contributed by atoms with van der Waals surface area (Å²) in [7, 11) is 1.73. The highest BCUT2D eigenvalue weighted by atomic mass is 16.6. The summed E-state index contributed by atoms with van der Waals surface area (Å²) in [5.41, 5.74) is -0.702. The quantitative estimate of drug-likeness (QED) is 0.250. The number of esters is 1. The van der Waals surface area contributed by atoms with Crippen LogP contribution in [0.2, 0.25) is 0 Å². The van der Waals surface area contributed by atoms with E-state index in [-0.39, 0.29) is 54.3 Å². The standard InChI is InChI=1S/C36H64N4O6/c1-22(2)28(38(14)33(43)30(23(3)4)37-31(41)27-17-15-16-18-39(27)24(5)6)19-25(7)32(42)40-21-26(45-35(8,9)10)20-29(40)34(44)46-36(11,12)13/h19,22-24,26-30H,15-18,20-21H2,1-14H3,(H,37,41)/t26-,27?,28-,29+,30+/m1/s1. The molecule has 2 saturated heterocycles. The van der Waals surface area contributed by atoms with Gasteiger partial charge in [0.05, 0.1) is 23.8 Å². The number of rotatable bonds is 11. The van der Waals surface area contributed by atoms with Gasteiger partial charge in [0.15, 0.2) is 0 Å². The molecule has 2 heterocycles. The van der Waals surface area contributed by atoms with Crippen molar-refractivity contribution >= 4 is 23.7 Å². The average molecular weight is 649 g/mol. The first-order valence-corrected chi connectivity index (χ1v) is 17.3. The number of nitrogens with zero attached hydrogens (tertiary/aromatic N) is 3. The van der Waals surface area contributed by atoms with Crippen molar-refractivity contribution in [3.8, 4) is 0 Å². The fourth-order valence-electron chi connectivity index (χ4n) is 6.49. The van der Waals surface area contributed by atoms with Crippen LogP contribution < -0.4 is 5.32 Å². The minimum Gasteiger partial charge on any atom is -0.458 e. The van der Waals surface area contributed by atoms with Crippen LogP contribution in [-0.2, 0) is 28.7 Å². The number of amides is 3. The first-order chi connectivity index (χ1) is 21.0. The molecular formula is C36H64N4O6. The molecular weight excluding hydrogens is 584 g/mol. The number of hydrogen-bond donors (Lipinski definition) is 1. The summed E-state index contributed by atoms with van der Waals surface area (Å²) < 4.78 is 11.9. The van der Waals surface area contributed by atoms with Gasteiger partial charge in [0, 0.05) is 31.6 Å². The van der Waals surface area contributed by atoms with E-state index in [4.69, 9.17) is 9.47 Å². The predicted octanol–water partition coefficient (Wildman–Crippen LogP) is 4.95. The van der Waals surface area contributed by atoms with E-state index in [2.05, 4.69) is 24.1 Å². The predicted molar refractivity (Wildman–Crippen MR) is 182 cm³/mol. The van der Waals surface area contributed by atoms with Gasteiger partial charge in [-0.25, -0.2) is 4.79 Å².